The Morgan fingerprint density at radius 2 is 2.08 bits per heavy atom. The Morgan fingerprint density at radius 3 is 2.73 bits per heavy atom. The molecular weight excluding hydrogens is 354 g/mol. The predicted octanol–water partition coefficient (Wildman–Crippen LogP) is 0.275. The first-order valence-electron chi connectivity index (χ1n) is 8.13. The molecule has 1 fully saturated rings. The zero-order valence-corrected chi connectivity index (χ0v) is 14.8. The van der Waals surface area contributed by atoms with Crippen molar-refractivity contribution in [1.82, 2.24) is 25.5 Å². The van der Waals surface area contributed by atoms with Crippen molar-refractivity contribution in [3.05, 3.63) is 24.2 Å². The van der Waals surface area contributed by atoms with Crippen LogP contribution in [0.2, 0.25) is 0 Å². The molecule has 0 amide bonds. The van der Waals surface area contributed by atoms with E-state index in [9.17, 15) is 4.21 Å². The Morgan fingerprint density at radius 1 is 1.27 bits per heavy atom. The molecule has 1 saturated heterocycles. The third-order valence-electron chi connectivity index (χ3n) is 4.01. The van der Waals surface area contributed by atoms with Crippen LogP contribution in [0.15, 0.2) is 23.5 Å². The zero-order chi connectivity index (χ0) is 18.4. The maximum absolute atomic E-state index is 11.7. The summed E-state index contributed by atoms with van der Waals surface area (Å²) in [6, 6.07) is 3.59. The molecule has 10 nitrogen and oxygen atoms in total. The molecule has 5 N–H and O–H groups in total. The second kappa shape index (κ2) is 8.61. The Kier molecular flexibility index (Phi) is 6.00. The van der Waals surface area contributed by atoms with Crippen LogP contribution in [-0.2, 0) is 11.0 Å². The standard InChI is InChI=1S/C15H19N9OS/c16-6-11-8-21-14(9-19-11)22-13-5-12(15(24-23-13)26(17)25)20-7-10-1-3-18-4-2-10/h5,8-10,18H,1-4,7,17H2,(H2,20,21,22,23). The Balaban J connectivity index is 1.74. The minimum atomic E-state index is -1.75. The van der Waals surface area contributed by atoms with Gasteiger partial charge in [0.25, 0.3) is 0 Å². The number of nitrogens with one attached hydrogen (secondary N) is 3. The number of hydrogen-bond donors (Lipinski definition) is 4. The maximum atomic E-state index is 11.7. The lowest BCUT2D eigenvalue weighted by molar-refractivity contribution is 0.389. The summed E-state index contributed by atoms with van der Waals surface area (Å²) in [6.45, 7) is 2.75. The van der Waals surface area contributed by atoms with Crippen molar-refractivity contribution in [3.63, 3.8) is 0 Å². The van der Waals surface area contributed by atoms with Crippen LogP contribution < -0.4 is 21.1 Å². The van der Waals surface area contributed by atoms with Crippen molar-refractivity contribution >= 4 is 28.3 Å². The molecule has 0 bridgehead atoms. The fourth-order valence-electron chi connectivity index (χ4n) is 2.64. The number of nitrogens with zero attached hydrogens (tertiary/aromatic N) is 5. The molecule has 3 heterocycles. The molecule has 136 valence electrons. The Labute approximate surface area is 153 Å². The highest BCUT2D eigenvalue weighted by Crippen LogP contribution is 2.22. The summed E-state index contributed by atoms with van der Waals surface area (Å²) in [6.07, 6.45) is 4.95. The molecule has 0 radical (unpaired) electrons. The molecule has 1 aliphatic rings. The van der Waals surface area contributed by atoms with Gasteiger partial charge in [-0.05, 0) is 31.8 Å². The highest BCUT2D eigenvalue weighted by atomic mass is 32.2. The van der Waals surface area contributed by atoms with Gasteiger partial charge >= 0.3 is 0 Å². The van der Waals surface area contributed by atoms with Gasteiger partial charge in [-0.2, -0.15) is 5.26 Å². The van der Waals surface area contributed by atoms with E-state index in [1.54, 1.807) is 6.07 Å². The second-order valence-corrected chi connectivity index (χ2v) is 6.83. The smallest absolute Gasteiger partial charge is 0.188 e. The van der Waals surface area contributed by atoms with Crippen LogP contribution in [0.1, 0.15) is 18.5 Å². The fourth-order valence-corrected chi connectivity index (χ4v) is 3.11. The first-order chi connectivity index (χ1) is 12.7. The summed E-state index contributed by atoms with van der Waals surface area (Å²) >= 11 is 0. The van der Waals surface area contributed by atoms with Crippen molar-refractivity contribution in [2.75, 3.05) is 30.3 Å². The molecule has 2 aromatic rings. The maximum Gasteiger partial charge on any atom is 0.188 e. The lowest BCUT2D eigenvalue weighted by Gasteiger charge is -2.23. The fraction of sp³-hybridized carbons (Fsp3) is 0.400. The molecule has 0 aliphatic carbocycles. The highest BCUT2D eigenvalue weighted by molar-refractivity contribution is 7.82. The minimum Gasteiger partial charge on any atom is -0.382 e. The van der Waals surface area contributed by atoms with E-state index in [4.69, 9.17) is 10.4 Å². The average molecular weight is 373 g/mol. The third kappa shape index (κ3) is 4.69. The van der Waals surface area contributed by atoms with E-state index in [-0.39, 0.29) is 10.7 Å². The van der Waals surface area contributed by atoms with Crippen molar-refractivity contribution in [2.45, 2.75) is 17.9 Å². The molecule has 1 unspecified atom stereocenters. The molecule has 0 aromatic carbocycles. The van der Waals surface area contributed by atoms with E-state index in [0.717, 1.165) is 32.5 Å². The van der Waals surface area contributed by atoms with Gasteiger partial charge in [-0.15, -0.1) is 10.2 Å². The molecular formula is C15H19N9OS. The van der Waals surface area contributed by atoms with E-state index in [1.165, 1.54) is 12.4 Å². The molecule has 0 saturated carbocycles. The van der Waals surface area contributed by atoms with E-state index in [0.29, 0.717) is 23.2 Å². The average Bonchev–Trinajstić information content (AvgIpc) is 2.68. The van der Waals surface area contributed by atoms with Gasteiger partial charge in [-0.25, -0.2) is 19.3 Å². The highest BCUT2D eigenvalue weighted by Gasteiger charge is 2.16. The summed E-state index contributed by atoms with van der Waals surface area (Å²) in [5, 5.41) is 32.0. The van der Waals surface area contributed by atoms with Crippen LogP contribution in [-0.4, -0.2) is 44.0 Å². The first kappa shape index (κ1) is 18.1. The van der Waals surface area contributed by atoms with Crippen molar-refractivity contribution in [3.8, 4) is 6.07 Å². The number of aromatic nitrogens is 4. The number of nitriles is 1. The van der Waals surface area contributed by atoms with Gasteiger partial charge in [0.1, 0.15) is 22.9 Å². The Hall–Kier alpha value is -2.68. The molecule has 11 heteroatoms. The second-order valence-electron chi connectivity index (χ2n) is 5.84. The summed E-state index contributed by atoms with van der Waals surface area (Å²) in [5.41, 5.74) is 0.795. The first-order valence-corrected chi connectivity index (χ1v) is 9.34. The van der Waals surface area contributed by atoms with E-state index < -0.39 is 11.0 Å². The molecule has 26 heavy (non-hydrogen) atoms. The van der Waals surface area contributed by atoms with Crippen LogP contribution in [0, 0.1) is 17.2 Å². The van der Waals surface area contributed by atoms with Crippen LogP contribution >= 0.6 is 0 Å². The normalized spacial score (nSPS) is 15.8. The predicted molar refractivity (Wildman–Crippen MR) is 96.7 cm³/mol. The molecule has 1 atom stereocenters. The molecule has 1 aliphatic heterocycles. The van der Waals surface area contributed by atoms with Crippen LogP contribution in [0.5, 0.6) is 0 Å². The van der Waals surface area contributed by atoms with E-state index >= 15 is 0 Å². The zero-order valence-electron chi connectivity index (χ0n) is 14.0. The van der Waals surface area contributed by atoms with Gasteiger partial charge in [0, 0.05) is 12.6 Å². The van der Waals surface area contributed by atoms with Crippen molar-refractivity contribution in [1.29, 1.82) is 5.26 Å². The summed E-state index contributed by atoms with van der Waals surface area (Å²) < 4.78 is 11.7. The van der Waals surface area contributed by atoms with Gasteiger partial charge in [0.2, 0.25) is 0 Å². The molecule has 3 rings (SSSR count). The number of anilines is 3. The van der Waals surface area contributed by atoms with Crippen LogP contribution in [0.3, 0.4) is 0 Å². The van der Waals surface area contributed by atoms with Crippen molar-refractivity contribution in [2.24, 2.45) is 11.1 Å². The van der Waals surface area contributed by atoms with Gasteiger partial charge in [0.05, 0.1) is 18.1 Å². The van der Waals surface area contributed by atoms with Gasteiger partial charge in [0.15, 0.2) is 16.5 Å². The van der Waals surface area contributed by atoms with Gasteiger partial charge in [-0.3, -0.25) is 0 Å². The number of nitrogens with two attached hydrogens (primary N) is 1. The summed E-state index contributed by atoms with van der Waals surface area (Å²) in [5.74, 6) is 1.36. The monoisotopic (exact) mass is 373 g/mol. The molecule has 0 spiro atoms. The minimum absolute atomic E-state index is 0.204. The lowest BCUT2D eigenvalue weighted by atomic mass is 9.98. The number of hydrogen-bond acceptors (Lipinski definition) is 9. The lowest BCUT2D eigenvalue weighted by Crippen LogP contribution is -2.31. The summed E-state index contributed by atoms with van der Waals surface area (Å²) in [4.78, 5) is 8.01. The Bertz CT molecular complexity index is 815. The van der Waals surface area contributed by atoms with Crippen LogP contribution in [0.4, 0.5) is 17.3 Å². The van der Waals surface area contributed by atoms with Gasteiger partial charge < -0.3 is 16.0 Å². The van der Waals surface area contributed by atoms with Gasteiger partial charge in [-0.1, -0.05) is 0 Å². The van der Waals surface area contributed by atoms with E-state index in [2.05, 4.69) is 36.1 Å². The number of piperidine rings is 1. The SMILES string of the molecule is N#Cc1cnc(Nc2cc(NCC3CCNCC3)c(S(N)=O)nn2)cn1. The topological polar surface area (TPSA) is 155 Å². The third-order valence-corrected chi connectivity index (χ3v) is 4.70. The summed E-state index contributed by atoms with van der Waals surface area (Å²) in [7, 11) is -1.75. The number of rotatable bonds is 6. The van der Waals surface area contributed by atoms with E-state index in [1.807, 2.05) is 6.07 Å². The van der Waals surface area contributed by atoms with Crippen LogP contribution in [0.25, 0.3) is 0 Å². The largest absolute Gasteiger partial charge is 0.382 e. The van der Waals surface area contributed by atoms with Crippen molar-refractivity contribution < 1.29 is 4.21 Å². The molecule has 2 aromatic heterocycles. The quantitative estimate of drug-likeness (QED) is 0.558.